The number of nitrogens with zero attached hydrogens (tertiary/aromatic N) is 2. The van der Waals surface area contributed by atoms with Gasteiger partial charge in [0.2, 0.25) is 0 Å². The molecule has 0 bridgehead atoms. The van der Waals surface area contributed by atoms with Crippen molar-refractivity contribution in [1.29, 1.82) is 0 Å². The molecule has 6 heteroatoms. The van der Waals surface area contributed by atoms with Crippen LogP contribution in [0.1, 0.15) is 17.3 Å². The number of nitrogens with one attached hydrogen (secondary N) is 2. The number of aromatic nitrogens is 2. The molecule has 0 aliphatic carbocycles. The normalized spacial score (nSPS) is 10.1. The Labute approximate surface area is 110 Å². The first-order valence-corrected chi connectivity index (χ1v) is 5.91. The van der Waals surface area contributed by atoms with Crippen LogP contribution in [0.5, 0.6) is 0 Å². The van der Waals surface area contributed by atoms with Gasteiger partial charge in [-0.3, -0.25) is 4.79 Å². The number of carbonyl (C=O) groups excluding carboxylic acids is 1. The molecule has 5 nitrogen and oxygen atoms in total. The number of hydrogen-bond acceptors (Lipinski definition) is 4. The summed E-state index contributed by atoms with van der Waals surface area (Å²) in [5, 5.41) is 16.1. The van der Waals surface area contributed by atoms with E-state index in [9.17, 15) is 4.79 Å². The van der Waals surface area contributed by atoms with Crippen LogP contribution in [0.15, 0.2) is 24.4 Å². The van der Waals surface area contributed by atoms with Crippen molar-refractivity contribution in [2.24, 2.45) is 0 Å². The minimum Gasteiger partial charge on any atom is -0.363 e. The van der Waals surface area contributed by atoms with Gasteiger partial charge in [0.05, 0.1) is 6.20 Å². The first kappa shape index (κ1) is 12.4. The number of hydrogen-bond donors (Lipinski definition) is 2. The molecular formula is C12H12N4OS. The largest absolute Gasteiger partial charge is 0.363 e. The van der Waals surface area contributed by atoms with Crippen molar-refractivity contribution in [3.05, 3.63) is 30.0 Å². The standard InChI is InChI=1S/C12H12N4OS/c1-2-13-12(18)15-11-10-4-3-8(7-17)5-9(10)6-14-16-11/h3-7H,2H2,1H3,(H2,13,15,16,18). The number of carbonyl (C=O) groups is 1. The predicted octanol–water partition coefficient (Wildman–Crippen LogP) is 1.75. The molecule has 2 rings (SSSR count). The SMILES string of the molecule is CCNC(=S)Nc1nncc2cc(C=O)ccc12. The highest BCUT2D eigenvalue weighted by molar-refractivity contribution is 7.80. The Morgan fingerprint density at radius 1 is 1.50 bits per heavy atom. The van der Waals surface area contributed by atoms with Gasteiger partial charge in [-0.1, -0.05) is 6.07 Å². The maximum absolute atomic E-state index is 10.7. The quantitative estimate of drug-likeness (QED) is 0.647. The number of benzene rings is 1. The van der Waals surface area contributed by atoms with Crippen molar-refractivity contribution in [1.82, 2.24) is 15.5 Å². The fourth-order valence-corrected chi connectivity index (χ4v) is 1.83. The molecule has 0 fully saturated rings. The molecule has 0 spiro atoms. The second kappa shape index (κ2) is 5.50. The molecule has 0 unspecified atom stereocenters. The Morgan fingerprint density at radius 3 is 3.06 bits per heavy atom. The third-order valence-electron chi connectivity index (χ3n) is 2.39. The van der Waals surface area contributed by atoms with E-state index in [4.69, 9.17) is 12.2 Å². The average molecular weight is 260 g/mol. The molecule has 18 heavy (non-hydrogen) atoms. The minimum absolute atomic E-state index is 0.499. The van der Waals surface area contributed by atoms with E-state index in [2.05, 4.69) is 20.8 Å². The summed E-state index contributed by atoms with van der Waals surface area (Å²) in [6.45, 7) is 2.69. The zero-order valence-electron chi connectivity index (χ0n) is 9.80. The zero-order chi connectivity index (χ0) is 13.0. The van der Waals surface area contributed by atoms with E-state index >= 15 is 0 Å². The lowest BCUT2D eigenvalue weighted by Crippen LogP contribution is -2.28. The van der Waals surface area contributed by atoms with Crippen molar-refractivity contribution >= 4 is 40.2 Å². The van der Waals surface area contributed by atoms with Crippen LogP contribution >= 0.6 is 12.2 Å². The lowest BCUT2D eigenvalue weighted by Gasteiger charge is -2.09. The number of aldehydes is 1. The molecule has 0 aliphatic heterocycles. The Hall–Kier alpha value is -2.08. The van der Waals surface area contributed by atoms with Gasteiger partial charge >= 0.3 is 0 Å². The molecule has 1 aromatic carbocycles. The Morgan fingerprint density at radius 2 is 2.33 bits per heavy atom. The molecule has 0 saturated carbocycles. The molecule has 2 N–H and O–H groups in total. The van der Waals surface area contributed by atoms with E-state index in [1.165, 1.54) is 0 Å². The van der Waals surface area contributed by atoms with Gasteiger partial charge in [-0.15, -0.1) is 5.10 Å². The summed E-state index contributed by atoms with van der Waals surface area (Å²) in [7, 11) is 0. The van der Waals surface area contributed by atoms with Crippen LogP contribution in [0.4, 0.5) is 5.82 Å². The second-order valence-corrected chi connectivity index (χ2v) is 4.05. The third kappa shape index (κ3) is 2.60. The van der Waals surface area contributed by atoms with Crippen LogP contribution in [0.2, 0.25) is 0 Å². The Balaban J connectivity index is 2.39. The van der Waals surface area contributed by atoms with E-state index in [1.807, 2.05) is 13.0 Å². The highest BCUT2D eigenvalue weighted by atomic mass is 32.1. The maximum Gasteiger partial charge on any atom is 0.171 e. The van der Waals surface area contributed by atoms with Gasteiger partial charge in [-0.25, -0.2) is 0 Å². The van der Waals surface area contributed by atoms with Gasteiger partial charge in [-0.2, -0.15) is 5.10 Å². The van der Waals surface area contributed by atoms with Gasteiger partial charge in [0.15, 0.2) is 10.9 Å². The molecule has 0 atom stereocenters. The third-order valence-corrected chi connectivity index (χ3v) is 2.64. The average Bonchev–Trinajstić information content (AvgIpc) is 2.38. The predicted molar refractivity (Wildman–Crippen MR) is 74.8 cm³/mol. The molecule has 1 heterocycles. The maximum atomic E-state index is 10.7. The molecule has 92 valence electrons. The molecule has 0 saturated heterocycles. The lowest BCUT2D eigenvalue weighted by molar-refractivity contribution is 0.112. The number of anilines is 1. The van der Waals surface area contributed by atoms with Crippen molar-refractivity contribution < 1.29 is 4.79 Å². The monoisotopic (exact) mass is 260 g/mol. The summed E-state index contributed by atoms with van der Waals surface area (Å²) in [6.07, 6.45) is 2.42. The highest BCUT2D eigenvalue weighted by Crippen LogP contribution is 2.20. The van der Waals surface area contributed by atoms with Gasteiger partial charge in [0, 0.05) is 22.9 Å². The van der Waals surface area contributed by atoms with Crippen molar-refractivity contribution in [3.63, 3.8) is 0 Å². The summed E-state index contributed by atoms with van der Waals surface area (Å²) in [4.78, 5) is 10.7. The van der Waals surface area contributed by atoms with E-state index in [0.29, 0.717) is 16.5 Å². The highest BCUT2D eigenvalue weighted by Gasteiger charge is 2.05. The molecule has 2 aromatic rings. The molecular weight excluding hydrogens is 248 g/mol. The summed E-state index contributed by atoms with van der Waals surface area (Å²) >= 11 is 5.10. The smallest absolute Gasteiger partial charge is 0.171 e. The van der Waals surface area contributed by atoms with E-state index < -0.39 is 0 Å². The van der Waals surface area contributed by atoms with Gasteiger partial charge in [-0.05, 0) is 31.3 Å². The summed E-state index contributed by atoms with van der Waals surface area (Å²) in [5.41, 5.74) is 0.607. The number of thiocarbonyl (C=S) groups is 1. The van der Waals surface area contributed by atoms with Crippen LogP contribution in [0, 0.1) is 0 Å². The van der Waals surface area contributed by atoms with Gasteiger partial charge in [0.1, 0.15) is 6.29 Å². The van der Waals surface area contributed by atoms with Crippen LogP contribution < -0.4 is 10.6 Å². The van der Waals surface area contributed by atoms with E-state index in [-0.39, 0.29) is 0 Å². The number of rotatable bonds is 3. The van der Waals surface area contributed by atoms with Gasteiger partial charge in [0.25, 0.3) is 0 Å². The summed E-state index contributed by atoms with van der Waals surface area (Å²) < 4.78 is 0. The second-order valence-electron chi connectivity index (χ2n) is 3.64. The van der Waals surface area contributed by atoms with Crippen LogP contribution in [0.25, 0.3) is 10.8 Å². The van der Waals surface area contributed by atoms with Crippen molar-refractivity contribution in [2.75, 3.05) is 11.9 Å². The van der Waals surface area contributed by atoms with Crippen molar-refractivity contribution in [2.45, 2.75) is 6.92 Å². The Kier molecular flexibility index (Phi) is 3.78. The zero-order valence-corrected chi connectivity index (χ0v) is 10.6. The molecule has 0 radical (unpaired) electrons. The van der Waals surface area contributed by atoms with Crippen LogP contribution in [-0.2, 0) is 0 Å². The summed E-state index contributed by atoms with van der Waals surface area (Å²) in [6, 6.07) is 5.32. The van der Waals surface area contributed by atoms with Gasteiger partial charge < -0.3 is 10.6 Å². The first-order valence-electron chi connectivity index (χ1n) is 5.50. The lowest BCUT2D eigenvalue weighted by atomic mass is 10.1. The fraction of sp³-hybridized carbons (Fsp3) is 0.167. The molecule has 0 aliphatic rings. The van der Waals surface area contributed by atoms with Crippen LogP contribution in [-0.4, -0.2) is 28.1 Å². The van der Waals surface area contributed by atoms with Crippen LogP contribution in [0.3, 0.4) is 0 Å². The number of fused-ring (bicyclic) bond motifs is 1. The van der Waals surface area contributed by atoms with Crippen molar-refractivity contribution in [3.8, 4) is 0 Å². The first-order chi connectivity index (χ1) is 8.74. The van der Waals surface area contributed by atoms with E-state index in [1.54, 1.807) is 18.3 Å². The summed E-state index contributed by atoms with van der Waals surface area (Å²) in [5.74, 6) is 0.580. The minimum atomic E-state index is 0.499. The fourth-order valence-electron chi connectivity index (χ4n) is 1.58. The Bertz CT molecular complexity index is 600. The van der Waals surface area contributed by atoms with E-state index in [0.717, 1.165) is 23.6 Å². The molecule has 1 aromatic heterocycles. The molecule has 0 amide bonds. The topological polar surface area (TPSA) is 66.9 Å².